The summed E-state index contributed by atoms with van der Waals surface area (Å²) in [6.45, 7) is 0. The molecule has 32 heavy (non-hydrogen) atoms. The van der Waals surface area contributed by atoms with Gasteiger partial charge in [0.15, 0.2) is 0 Å². The lowest BCUT2D eigenvalue weighted by molar-refractivity contribution is -0.274. The summed E-state index contributed by atoms with van der Waals surface area (Å²) in [4.78, 5) is 8.09. The molecule has 1 fully saturated rings. The Labute approximate surface area is 188 Å². The number of aromatic nitrogens is 2. The number of hydrogen-bond acceptors (Lipinski definition) is 6. The number of rotatable bonds is 6. The van der Waals surface area contributed by atoms with Crippen molar-refractivity contribution in [2.75, 3.05) is 14.1 Å². The average molecular weight is 464 g/mol. The van der Waals surface area contributed by atoms with E-state index in [1.54, 1.807) is 0 Å². The summed E-state index contributed by atoms with van der Waals surface area (Å²) < 4.78 is 46.1. The second-order valence-corrected chi connectivity index (χ2v) is 9.07. The quantitative estimate of drug-likeness (QED) is 0.414. The van der Waals surface area contributed by atoms with Crippen LogP contribution in [0.2, 0.25) is 0 Å². The summed E-state index contributed by atoms with van der Waals surface area (Å²) in [6.07, 6.45) is 1.34. The van der Waals surface area contributed by atoms with Crippen LogP contribution in [0.15, 0.2) is 51.9 Å². The van der Waals surface area contributed by atoms with E-state index in [1.165, 1.54) is 34.7 Å². The second kappa shape index (κ2) is 9.46. The van der Waals surface area contributed by atoms with Gasteiger partial charge in [0.2, 0.25) is 5.82 Å². The van der Waals surface area contributed by atoms with Crippen molar-refractivity contribution < 1.29 is 22.4 Å². The highest BCUT2D eigenvalue weighted by molar-refractivity contribution is 7.10. The van der Waals surface area contributed by atoms with Gasteiger partial charge in [0, 0.05) is 22.6 Å². The molecule has 0 bridgehead atoms. The van der Waals surface area contributed by atoms with Crippen molar-refractivity contribution in [2.45, 2.75) is 38.1 Å². The van der Waals surface area contributed by atoms with Crippen LogP contribution in [0, 0.1) is 5.92 Å². The van der Waals surface area contributed by atoms with Gasteiger partial charge in [0.1, 0.15) is 5.75 Å². The van der Waals surface area contributed by atoms with Crippen molar-refractivity contribution in [3.05, 3.63) is 58.1 Å². The van der Waals surface area contributed by atoms with Crippen LogP contribution < -0.4 is 4.74 Å². The Morgan fingerprint density at radius 2 is 1.88 bits per heavy atom. The highest BCUT2D eigenvalue weighted by atomic mass is 32.1. The lowest BCUT2D eigenvalue weighted by atomic mass is 9.80. The first-order chi connectivity index (χ1) is 15.3. The highest BCUT2D eigenvalue weighted by Gasteiger charge is 2.31. The van der Waals surface area contributed by atoms with Crippen molar-refractivity contribution >= 4 is 17.4 Å². The van der Waals surface area contributed by atoms with Gasteiger partial charge in [-0.1, -0.05) is 16.8 Å². The van der Waals surface area contributed by atoms with Gasteiger partial charge in [-0.15, -0.1) is 24.5 Å². The summed E-state index contributed by atoms with van der Waals surface area (Å²) in [6, 6.07) is 10.1. The normalized spacial score (nSPS) is 18.1. The fourth-order valence-corrected chi connectivity index (χ4v) is 5.24. The number of hydrogen-bond donors (Lipinski definition) is 0. The van der Waals surface area contributed by atoms with E-state index in [9.17, 15) is 13.2 Å². The molecule has 4 rings (SSSR count). The lowest BCUT2D eigenvalue weighted by Gasteiger charge is -2.35. The van der Waals surface area contributed by atoms with E-state index >= 15 is 0 Å². The Kier molecular flexibility index (Phi) is 6.66. The van der Waals surface area contributed by atoms with Gasteiger partial charge in [0.05, 0.1) is 0 Å². The molecule has 1 aromatic carbocycles. The van der Waals surface area contributed by atoms with Gasteiger partial charge >= 0.3 is 6.36 Å². The van der Waals surface area contributed by atoms with Crippen LogP contribution in [0.3, 0.4) is 0 Å². The standard InChI is InChI=1S/C23H24F3N3O2S/c1-29(2)21(19-4-3-13-32-19)16-7-5-15(6-8-16)14-20-27-22(28-31-20)17-9-11-18(12-10-17)30-23(24,25)26/h3-4,9-14,16,21H,5-8H2,1-2H3. The van der Waals surface area contributed by atoms with E-state index in [1.807, 2.05) is 17.4 Å². The Morgan fingerprint density at radius 3 is 2.47 bits per heavy atom. The maximum atomic E-state index is 12.3. The Morgan fingerprint density at radius 1 is 1.16 bits per heavy atom. The average Bonchev–Trinajstić information content (AvgIpc) is 3.41. The molecule has 5 nitrogen and oxygen atoms in total. The number of halogens is 3. The van der Waals surface area contributed by atoms with Gasteiger partial charge in [-0.2, -0.15) is 4.98 Å². The molecule has 0 spiro atoms. The van der Waals surface area contributed by atoms with E-state index in [0.29, 0.717) is 29.2 Å². The molecule has 1 aliphatic carbocycles. The molecule has 1 unspecified atom stereocenters. The van der Waals surface area contributed by atoms with Crippen LogP contribution in [0.5, 0.6) is 5.75 Å². The SMILES string of the molecule is CN(C)C(c1cccs1)C1CCC(=Cc2nc(-c3ccc(OC(F)(F)F)cc3)no2)CC1. The van der Waals surface area contributed by atoms with E-state index in [4.69, 9.17) is 4.52 Å². The number of benzene rings is 1. The lowest BCUT2D eigenvalue weighted by Crippen LogP contribution is -2.28. The summed E-state index contributed by atoms with van der Waals surface area (Å²) in [5.74, 6) is 1.04. The third-order valence-electron chi connectivity index (χ3n) is 5.63. The minimum Gasteiger partial charge on any atom is -0.406 e. The molecule has 0 aliphatic heterocycles. The zero-order chi connectivity index (χ0) is 22.7. The monoisotopic (exact) mass is 463 g/mol. The molecule has 170 valence electrons. The minimum absolute atomic E-state index is 0.289. The molecular formula is C23H24F3N3O2S. The molecule has 0 N–H and O–H groups in total. The number of nitrogens with zero attached hydrogens (tertiary/aromatic N) is 3. The first kappa shape index (κ1) is 22.5. The van der Waals surface area contributed by atoms with Gasteiger partial charge in [-0.25, -0.2) is 0 Å². The third kappa shape index (κ3) is 5.58. The number of allylic oxidation sites excluding steroid dienone is 1. The second-order valence-electron chi connectivity index (χ2n) is 8.09. The predicted molar refractivity (Wildman–Crippen MR) is 117 cm³/mol. The van der Waals surface area contributed by atoms with Crippen LogP contribution in [-0.4, -0.2) is 35.5 Å². The van der Waals surface area contributed by atoms with E-state index in [0.717, 1.165) is 25.7 Å². The maximum absolute atomic E-state index is 12.3. The van der Waals surface area contributed by atoms with Crippen LogP contribution in [0.4, 0.5) is 13.2 Å². The Balaban J connectivity index is 1.39. The summed E-state index contributed by atoms with van der Waals surface area (Å²) in [5, 5.41) is 6.09. The van der Waals surface area contributed by atoms with Gasteiger partial charge in [-0.05, 0) is 81.4 Å². The van der Waals surface area contributed by atoms with E-state index in [2.05, 4.69) is 51.4 Å². The summed E-state index contributed by atoms with van der Waals surface area (Å²) in [7, 11) is 4.27. The Hall–Kier alpha value is -2.65. The maximum Gasteiger partial charge on any atom is 0.573 e. The van der Waals surface area contributed by atoms with Gasteiger partial charge in [0.25, 0.3) is 5.89 Å². The molecule has 1 aliphatic rings. The fraction of sp³-hybridized carbons (Fsp3) is 0.391. The highest BCUT2D eigenvalue weighted by Crippen LogP contribution is 2.41. The molecule has 2 heterocycles. The first-order valence-corrected chi connectivity index (χ1v) is 11.3. The van der Waals surface area contributed by atoms with Crippen molar-refractivity contribution in [1.82, 2.24) is 15.0 Å². The van der Waals surface area contributed by atoms with E-state index < -0.39 is 6.36 Å². The molecule has 0 radical (unpaired) electrons. The minimum atomic E-state index is -4.72. The Bertz CT molecular complexity index is 1030. The largest absolute Gasteiger partial charge is 0.573 e. The van der Waals surface area contributed by atoms with E-state index in [-0.39, 0.29) is 5.75 Å². The fourth-order valence-electron chi connectivity index (χ4n) is 4.23. The molecule has 0 amide bonds. The van der Waals surface area contributed by atoms with Crippen LogP contribution >= 0.6 is 11.3 Å². The first-order valence-electron chi connectivity index (χ1n) is 10.4. The molecule has 3 aromatic rings. The molecule has 1 saturated carbocycles. The van der Waals surface area contributed by atoms with Crippen LogP contribution in [-0.2, 0) is 0 Å². The zero-order valence-corrected chi connectivity index (χ0v) is 18.6. The van der Waals surface area contributed by atoms with Crippen LogP contribution in [0.1, 0.15) is 42.5 Å². The van der Waals surface area contributed by atoms with Crippen molar-refractivity contribution in [3.8, 4) is 17.1 Å². The van der Waals surface area contributed by atoms with Crippen molar-refractivity contribution in [1.29, 1.82) is 0 Å². The molecule has 1 atom stereocenters. The molecule has 2 aromatic heterocycles. The topological polar surface area (TPSA) is 51.4 Å². The zero-order valence-electron chi connectivity index (χ0n) is 17.8. The number of alkyl halides is 3. The third-order valence-corrected chi connectivity index (χ3v) is 6.57. The number of thiophene rings is 1. The summed E-state index contributed by atoms with van der Waals surface area (Å²) in [5.41, 5.74) is 1.83. The number of ether oxygens (including phenoxy) is 1. The van der Waals surface area contributed by atoms with Crippen molar-refractivity contribution in [3.63, 3.8) is 0 Å². The van der Waals surface area contributed by atoms with Crippen LogP contribution in [0.25, 0.3) is 17.5 Å². The summed E-state index contributed by atoms with van der Waals surface area (Å²) >= 11 is 1.81. The molecular weight excluding hydrogens is 439 g/mol. The molecule has 0 saturated heterocycles. The smallest absolute Gasteiger partial charge is 0.406 e. The van der Waals surface area contributed by atoms with Gasteiger partial charge in [-0.3, -0.25) is 0 Å². The van der Waals surface area contributed by atoms with Crippen molar-refractivity contribution in [2.24, 2.45) is 5.92 Å². The van der Waals surface area contributed by atoms with Gasteiger partial charge < -0.3 is 14.2 Å². The molecule has 9 heteroatoms. The predicted octanol–water partition coefficient (Wildman–Crippen LogP) is 6.57.